The quantitative estimate of drug-likeness (QED) is 0.0295. The predicted molar refractivity (Wildman–Crippen MR) is 363 cm³/mol. The number of primary amides is 1. The molecule has 9 amide bonds. The number of benzene rings is 2. The molecule has 0 radical (unpaired) electrons. The largest absolute Gasteiger partial charge is 0.377 e. The molecule has 97 heavy (non-hydrogen) atoms. The van der Waals surface area contributed by atoms with Gasteiger partial charge in [-0.05, 0) is 86.5 Å². The topological polar surface area (TPSA) is 374 Å². The van der Waals surface area contributed by atoms with Gasteiger partial charge in [-0.25, -0.2) is 4.79 Å². The van der Waals surface area contributed by atoms with Crippen molar-refractivity contribution < 1.29 is 62.2 Å². The zero-order chi connectivity index (χ0) is 69.0. The van der Waals surface area contributed by atoms with Gasteiger partial charge in [-0.15, -0.1) is 5.10 Å². The Kier molecular flexibility index (Phi) is 27.0. The molecule has 4 aliphatic rings. The van der Waals surface area contributed by atoms with Crippen molar-refractivity contribution in [2.24, 2.45) is 29.4 Å². The highest BCUT2D eigenvalue weighted by atomic mass is 32.2. The van der Waals surface area contributed by atoms with E-state index in [0.717, 1.165) is 57.9 Å². The zero-order valence-electron chi connectivity index (χ0n) is 56.0. The van der Waals surface area contributed by atoms with Crippen LogP contribution in [0.3, 0.4) is 0 Å². The fourth-order valence-electron chi connectivity index (χ4n) is 13.3. The Balaban J connectivity index is 0.861. The molecule has 7 heterocycles. The number of thioether (sulfide) groups is 1. The molecule has 0 spiro atoms. The van der Waals surface area contributed by atoms with Gasteiger partial charge in [-0.1, -0.05) is 82.1 Å². The molecule has 3 aromatic heterocycles. The monoisotopic (exact) mass is 1360 g/mol. The molecular formula is C69H96N14O13S. The number of hydrogen-bond donors (Lipinski definition) is 10. The number of Topliss-reactive ketones (excluding diaryl/α,β-unsaturated/α-hetero) is 2. The van der Waals surface area contributed by atoms with Crippen molar-refractivity contribution in [1.29, 1.82) is 0 Å². The number of ketones is 2. The average molecular weight is 1360 g/mol. The van der Waals surface area contributed by atoms with Crippen LogP contribution in [0.25, 0.3) is 21.8 Å². The van der Waals surface area contributed by atoms with E-state index in [1.54, 1.807) is 37.1 Å². The second kappa shape index (κ2) is 35.9. The van der Waals surface area contributed by atoms with Gasteiger partial charge in [0, 0.05) is 115 Å². The summed E-state index contributed by atoms with van der Waals surface area (Å²) in [6, 6.07) is 9.67. The summed E-state index contributed by atoms with van der Waals surface area (Å²) >= 11 is 1.86. The lowest BCUT2D eigenvalue weighted by molar-refractivity contribution is -0.143. The van der Waals surface area contributed by atoms with Gasteiger partial charge in [0.05, 0.1) is 62.9 Å². The summed E-state index contributed by atoms with van der Waals surface area (Å²) in [6.45, 7) is 8.73. The molecule has 28 heteroatoms. The number of ether oxygens (including phenoxy) is 3. The van der Waals surface area contributed by atoms with Crippen molar-refractivity contribution in [2.75, 3.05) is 58.5 Å². The highest BCUT2D eigenvalue weighted by Gasteiger charge is 2.44. The van der Waals surface area contributed by atoms with Crippen molar-refractivity contribution in [2.45, 2.75) is 178 Å². The summed E-state index contributed by atoms with van der Waals surface area (Å²) in [5, 5.41) is 31.3. The fourth-order valence-corrected chi connectivity index (χ4v) is 14.9. The van der Waals surface area contributed by atoms with Crippen LogP contribution in [0, 0.1) is 23.7 Å². The number of fused-ring (bicyclic) bond motifs is 6. The summed E-state index contributed by atoms with van der Waals surface area (Å²) in [5.41, 5.74) is 9.47. The first-order valence-corrected chi connectivity index (χ1v) is 35.4. The van der Waals surface area contributed by atoms with Gasteiger partial charge in [0.2, 0.25) is 41.4 Å². The maximum atomic E-state index is 15.1. The molecule has 5 aromatic rings. The third-order valence-corrected chi connectivity index (χ3v) is 20.1. The van der Waals surface area contributed by atoms with Crippen LogP contribution in [0.15, 0.2) is 67.1 Å². The van der Waals surface area contributed by atoms with E-state index in [9.17, 15) is 43.2 Å². The first-order chi connectivity index (χ1) is 46.8. The fraction of sp³-hybridized carbons (Fsp3) is 0.594. The summed E-state index contributed by atoms with van der Waals surface area (Å²) in [5.74, 6) is -6.24. The van der Waals surface area contributed by atoms with Crippen molar-refractivity contribution in [3.63, 3.8) is 0 Å². The number of nitrogens with zero attached hydrogens (tertiary/aromatic N) is 4. The van der Waals surface area contributed by atoms with Crippen molar-refractivity contribution in [1.82, 2.24) is 67.1 Å². The van der Waals surface area contributed by atoms with E-state index in [1.165, 1.54) is 4.90 Å². The van der Waals surface area contributed by atoms with Gasteiger partial charge < -0.3 is 72.0 Å². The number of aromatic amines is 2. The first-order valence-electron chi connectivity index (χ1n) is 34.3. The lowest BCUT2D eigenvalue weighted by Crippen LogP contribution is -2.58. The maximum Gasteiger partial charge on any atom is 0.315 e. The minimum Gasteiger partial charge on any atom is -0.377 e. The standard InChI is InChI=1S/C69H96N14O13S/c1-41(2)30-54-66(90)75-52(32-46-37-73-51-18-8-6-16-49(46)51)57(84)33-43(64(70)88)14-11-12-23-82-38-47(80-81-82)35-53(74-61(87)39-96-29-28-95-27-26-94-25-22-71-60(86)21-10-9-20-59-63-55(40-97-59)77-69(93)79-63)58(85)34-44(31-45-36-72-50-17-7-5-15-48(45)50)65(89)78-62(42(3)4)68(92)83-24-13-19-56(83)67(91)76-54/h5-8,15-18,36-38,41-44,52-56,59,62-63,72-73H,9-14,19-35,39-40H2,1-4H3,(H2,70,88)(H,71,86)(H,74,87)(H,75,90)(H,76,91)(H,78,89)(H2,77,79,93)/t43-,44+,52-,53+,54-,55-,56-,59-,62-,63-/m1/s1. The van der Waals surface area contributed by atoms with Gasteiger partial charge in [0.1, 0.15) is 24.7 Å². The van der Waals surface area contributed by atoms with E-state index >= 15 is 4.79 Å². The number of rotatable bonds is 25. The second-order valence-electron chi connectivity index (χ2n) is 26.7. The number of unbranched alkanes of at least 4 members (excludes halogenated alkanes) is 1. The molecule has 3 saturated heterocycles. The van der Waals surface area contributed by atoms with Crippen LogP contribution in [-0.4, -0.2) is 195 Å². The Morgan fingerprint density at radius 1 is 0.701 bits per heavy atom. The number of para-hydroxylation sites is 2. The number of aryl methyl sites for hydroxylation is 1. The zero-order valence-corrected chi connectivity index (χ0v) is 56.9. The summed E-state index contributed by atoms with van der Waals surface area (Å²) in [4.78, 5) is 148. The molecule has 0 saturated carbocycles. The summed E-state index contributed by atoms with van der Waals surface area (Å²) in [7, 11) is 0. The molecule has 0 aliphatic carbocycles. The lowest BCUT2D eigenvalue weighted by atomic mass is 9.89. The van der Waals surface area contributed by atoms with E-state index in [1.807, 2.05) is 74.1 Å². The minimum atomic E-state index is -1.23. The third-order valence-electron chi connectivity index (χ3n) is 18.6. The maximum absolute atomic E-state index is 15.1. The van der Waals surface area contributed by atoms with E-state index in [2.05, 4.69) is 57.5 Å². The Bertz CT molecular complexity index is 3530. The number of carbonyl (C=O) groups excluding carboxylic acids is 10. The predicted octanol–water partition coefficient (Wildman–Crippen LogP) is 3.61. The van der Waals surface area contributed by atoms with Crippen LogP contribution in [0.1, 0.15) is 122 Å². The van der Waals surface area contributed by atoms with Crippen LogP contribution in [0.4, 0.5) is 4.79 Å². The van der Waals surface area contributed by atoms with Gasteiger partial charge in [0.15, 0.2) is 11.6 Å². The molecule has 0 unspecified atom stereocenters. The van der Waals surface area contributed by atoms with Gasteiger partial charge in [0.25, 0.3) is 0 Å². The molecule has 526 valence electrons. The molecular weight excluding hydrogens is 1260 g/mol. The third kappa shape index (κ3) is 20.9. The molecule has 11 N–H and O–H groups in total. The number of carbonyl (C=O) groups is 10. The van der Waals surface area contributed by atoms with Crippen molar-refractivity contribution >= 4 is 92.5 Å². The van der Waals surface area contributed by atoms with E-state index in [-0.39, 0.29) is 114 Å². The van der Waals surface area contributed by atoms with Crippen LogP contribution in [0.2, 0.25) is 0 Å². The normalized spacial score (nSPS) is 24.4. The van der Waals surface area contributed by atoms with Crippen LogP contribution >= 0.6 is 11.8 Å². The Labute approximate surface area is 569 Å². The van der Waals surface area contributed by atoms with Crippen LogP contribution < -0.4 is 43.0 Å². The summed E-state index contributed by atoms with van der Waals surface area (Å²) < 4.78 is 18.6. The Hall–Kier alpha value is -8.21. The van der Waals surface area contributed by atoms with E-state index < -0.39 is 102 Å². The van der Waals surface area contributed by atoms with Gasteiger partial charge in [-0.3, -0.25) is 47.8 Å². The SMILES string of the molecule is CC(C)C[C@H]1NC(=O)[C@H]2CCCN2C(=O)[C@@H](C(C)C)NC(=O)[C@@H](Cc2c[nH]c3ccccc23)CC(=O)[C@@H](NC(=O)COCCOCCOCCNC(=O)CCCC[C@H]2SC[C@H]3NC(=O)N[C@H]32)Cc2cn(nn2)CCCC[C@@H](C(N)=O)CC(=O)[C@@H](Cc2c[nH]c3ccccc23)NC1=O. The number of amides is 9. The molecule has 10 atom stereocenters. The lowest BCUT2D eigenvalue weighted by Gasteiger charge is -2.32. The molecule has 9 rings (SSSR count). The van der Waals surface area contributed by atoms with E-state index in [0.29, 0.717) is 56.3 Å². The number of urea groups is 1. The Morgan fingerprint density at radius 2 is 1.39 bits per heavy atom. The molecule has 3 fully saturated rings. The number of aromatic nitrogens is 5. The smallest absolute Gasteiger partial charge is 0.315 e. The van der Waals surface area contributed by atoms with Crippen LogP contribution in [0.5, 0.6) is 0 Å². The highest BCUT2D eigenvalue weighted by Crippen LogP contribution is 2.34. The minimum absolute atomic E-state index is 0.0341. The highest BCUT2D eigenvalue weighted by molar-refractivity contribution is 8.00. The van der Waals surface area contributed by atoms with Crippen molar-refractivity contribution in [3.05, 3.63) is 83.9 Å². The molecule has 2 aromatic carbocycles. The van der Waals surface area contributed by atoms with Gasteiger partial charge in [-0.2, -0.15) is 11.8 Å². The summed E-state index contributed by atoms with van der Waals surface area (Å²) in [6.07, 6.45) is 9.65. The molecule has 27 nitrogen and oxygen atoms in total. The molecule has 4 aliphatic heterocycles. The number of nitrogens with one attached hydrogen (secondary N) is 9. The molecule has 2 bridgehead atoms. The second-order valence-corrected chi connectivity index (χ2v) is 28.0. The first kappa shape index (κ1) is 73.0. The Morgan fingerprint density at radius 3 is 2.10 bits per heavy atom. The van der Waals surface area contributed by atoms with E-state index in [4.69, 9.17) is 19.9 Å². The van der Waals surface area contributed by atoms with Gasteiger partial charge >= 0.3 is 6.03 Å². The number of hydrogen-bond acceptors (Lipinski definition) is 16. The average Bonchev–Trinajstić information content (AvgIpc) is 1.74. The number of H-pyrrole nitrogens is 2. The van der Waals surface area contributed by atoms with Crippen LogP contribution in [-0.2, 0) is 83.2 Å². The number of nitrogens with two attached hydrogens (primary N) is 1. The van der Waals surface area contributed by atoms with Crippen molar-refractivity contribution in [3.8, 4) is 0 Å².